The summed E-state index contributed by atoms with van der Waals surface area (Å²) in [6.45, 7) is 4.16. The van der Waals surface area contributed by atoms with Crippen LogP contribution in [0.2, 0.25) is 0 Å². The second-order valence-electron chi connectivity index (χ2n) is 5.05. The number of aliphatic carboxylic acids is 1. The molecule has 10 nitrogen and oxygen atoms in total. The monoisotopic (exact) mass is 388 g/mol. The zero-order valence-corrected chi connectivity index (χ0v) is 15.5. The van der Waals surface area contributed by atoms with Crippen LogP contribution in [0, 0.1) is 0 Å². The lowest BCUT2D eigenvalue weighted by molar-refractivity contribution is -0.129. The molecule has 0 aromatic carbocycles. The van der Waals surface area contributed by atoms with E-state index in [9.17, 15) is 9.59 Å². The Labute approximate surface area is 155 Å². The van der Waals surface area contributed by atoms with Crippen molar-refractivity contribution in [3.63, 3.8) is 0 Å². The number of aromatic nitrogens is 2. The SMILES string of the molecule is CCCCCCOCCOCCON=C(C(=O)O)c1nsc(NC=O)n1. The zero-order chi connectivity index (χ0) is 19.0. The highest BCUT2D eigenvalue weighted by Gasteiger charge is 2.19. The van der Waals surface area contributed by atoms with Crippen molar-refractivity contribution in [3.05, 3.63) is 5.82 Å². The number of anilines is 1. The molecule has 0 bridgehead atoms. The Morgan fingerprint density at radius 1 is 1.19 bits per heavy atom. The minimum absolute atomic E-state index is 0.0802. The van der Waals surface area contributed by atoms with E-state index in [1.54, 1.807) is 0 Å². The Hall–Kier alpha value is -2.11. The fourth-order valence-corrected chi connectivity index (χ4v) is 2.29. The summed E-state index contributed by atoms with van der Waals surface area (Å²) in [5, 5.41) is 15.1. The molecule has 1 amide bonds. The van der Waals surface area contributed by atoms with Crippen LogP contribution < -0.4 is 5.32 Å². The minimum Gasteiger partial charge on any atom is -0.476 e. The molecule has 146 valence electrons. The molecule has 1 rings (SSSR count). The average molecular weight is 388 g/mol. The molecule has 1 aromatic rings. The number of unbranched alkanes of at least 4 members (excludes halogenated alkanes) is 3. The summed E-state index contributed by atoms with van der Waals surface area (Å²) >= 11 is 0.839. The number of ether oxygens (including phenoxy) is 2. The second-order valence-corrected chi connectivity index (χ2v) is 5.80. The summed E-state index contributed by atoms with van der Waals surface area (Å²) in [6.07, 6.45) is 5.07. The molecule has 2 N–H and O–H groups in total. The molecule has 0 radical (unpaired) electrons. The molecular formula is C15H24N4O6S. The first-order valence-electron chi connectivity index (χ1n) is 8.32. The maximum atomic E-state index is 11.2. The van der Waals surface area contributed by atoms with Gasteiger partial charge in [-0.15, -0.1) is 0 Å². The van der Waals surface area contributed by atoms with E-state index in [0.29, 0.717) is 19.6 Å². The highest BCUT2D eigenvalue weighted by Crippen LogP contribution is 2.10. The summed E-state index contributed by atoms with van der Waals surface area (Å²) in [7, 11) is 0. The van der Waals surface area contributed by atoms with Gasteiger partial charge in [-0.1, -0.05) is 31.3 Å². The van der Waals surface area contributed by atoms with Crippen molar-refractivity contribution >= 4 is 34.8 Å². The number of carboxylic acid groups (broad SMARTS) is 1. The van der Waals surface area contributed by atoms with Crippen LogP contribution in [-0.2, 0) is 23.9 Å². The number of carbonyl (C=O) groups excluding carboxylic acids is 1. The van der Waals surface area contributed by atoms with E-state index in [0.717, 1.165) is 24.6 Å². The number of hydrogen-bond acceptors (Lipinski definition) is 9. The standard InChI is InChI=1S/C15H24N4O6S/c1-2-3-4-5-6-23-7-8-24-9-10-25-18-12(14(21)22)13-17-15(16-11-20)26-19-13/h11H,2-10H2,1H3,(H,21,22)(H,16,17,19,20). The van der Waals surface area contributed by atoms with E-state index in [-0.39, 0.29) is 24.2 Å². The van der Waals surface area contributed by atoms with Crippen molar-refractivity contribution in [2.24, 2.45) is 5.16 Å². The van der Waals surface area contributed by atoms with E-state index in [2.05, 4.69) is 26.8 Å². The van der Waals surface area contributed by atoms with E-state index < -0.39 is 11.7 Å². The summed E-state index contributed by atoms with van der Waals surface area (Å²) in [4.78, 5) is 30.2. The van der Waals surface area contributed by atoms with Crippen molar-refractivity contribution < 1.29 is 29.0 Å². The number of nitrogens with zero attached hydrogens (tertiary/aromatic N) is 3. The minimum atomic E-state index is -1.34. The van der Waals surface area contributed by atoms with E-state index in [4.69, 9.17) is 19.4 Å². The zero-order valence-electron chi connectivity index (χ0n) is 14.7. The third-order valence-corrected chi connectivity index (χ3v) is 3.66. The van der Waals surface area contributed by atoms with Gasteiger partial charge in [0.1, 0.15) is 6.61 Å². The number of nitrogens with one attached hydrogen (secondary N) is 1. The summed E-state index contributed by atoms with van der Waals surface area (Å²) in [5.74, 6) is -1.47. The second kappa shape index (κ2) is 14.1. The van der Waals surface area contributed by atoms with Gasteiger partial charge in [-0.3, -0.25) is 4.79 Å². The fraction of sp³-hybridized carbons (Fsp3) is 0.667. The van der Waals surface area contributed by atoms with Crippen LogP contribution in [0.4, 0.5) is 5.13 Å². The molecule has 0 saturated heterocycles. The van der Waals surface area contributed by atoms with Crippen LogP contribution in [0.1, 0.15) is 38.4 Å². The van der Waals surface area contributed by atoms with Gasteiger partial charge in [-0.05, 0) is 6.42 Å². The lowest BCUT2D eigenvalue weighted by atomic mass is 10.2. The Morgan fingerprint density at radius 2 is 1.92 bits per heavy atom. The Morgan fingerprint density at radius 3 is 2.62 bits per heavy atom. The lowest BCUT2D eigenvalue weighted by Crippen LogP contribution is -2.17. The summed E-state index contributed by atoms with van der Waals surface area (Å²) in [6, 6.07) is 0. The van der Waals surface area contributed by atoms with Crippen molar-refractivity contribution in [3.8, 4) is 0 Å². The van der Waals surface area contributed by atoms with Crippen molar-refractivity contribution in [1.29, 1.82) is 0 Å². The molecule has 0 fully saturated rings. The van der Waals surface area contributed by atoms with Crippen LogP contribution >= 0.6 is 11.5 Å². The first kappa shape index (κ1) is 21.9. The van der Waals surface area contributed by atoms with Crippen LogP contribution in [0.15, 0.2) is 5.16 Å². The third-order valence-electron chi connectivity index (χ3n) is 3.01. The number of carboxylic acids is 1. The fourth-order valence-electron chi connectivity index (χ4n) is 1.76. The molecule has 1 heterocycles. The average Bonchev–Trinajstić information content (AvgIpc) is 3.07. The molecule has 0 aliphatic heterocycles. The van der Waals surface area contributed by atoms with Gasteiger partial charge < -0.3 is 24.7 Å². The topological polar surface area (TPSA) is 132 Å². The predicted molar refractivity (Wildman–Crippen MR) is 95.5 cm³/mol. The van der Waals surface area contributed by atoms with Gasteiger partial charge in [0.25, 0.3) is 0 Å². The molecule has 0 saturated carbocycles. The molecule has 0 aliphatic carbocycles. The Kier molecular flexibility index (Phi) is 11.9. The Balaban J connectivity index is 2.18. The molecule has 1 aromatic heterocycles. The smallest absolute Gasteiger partial charge is 0.362 e. The molecular weight excluding hydrogens is 364 g/mol. The number of oxime groups is 1. The van der Waals surface area contributed by atoms with Crippen molar-refractivity contribution in [1.82, 2.24) is 9.36 Å². The maximum Gasteiger partial charge on any atom is 0.362 e. The first-order chi connectivity index (χ1) is 12.7. The molecule has 0 unspecified atom stereocenters. The van der Waals surface area contributed by atoms with Gasteiger partial charge in [0.15, 0.2) is 0 Å². The number of rotatable bonds is 16. The predicted octanol–water partition coefficient (Wildman–Crippen LogP) is 1.53. The normalized spacial score (nSPS) is 11.3. The van der Waals surface area contributed by atoms with Gasteiger partial charge in [0, 0.05) is 18.1 Å². The van der Waals surface area contributed by atoms with Gasteiger partial charge in [-0.25, -0.2) is 4.79 Å². The van der Waals surface area contributed by atoms with Gasteiger partial charge >= 0.3 is 5.97 Å². The Bertz CT molecular complexity index is 566. The van der Waals surface area contributed by atoms with E-state index in [1.807, 2.05) is 0 Å². The highest BCUT2D eigenvalue weighted by atomic mass is 32.1. The quantitative estimate of drug-likeness (QED) is 0.188. The number of amides is 1. The highest BCUT2D eigenvalue weighted by molar-refractivity contribution is 7.10. The summed E-state index contributed by atoms with van der Waals surface area (Å²) in [5.41, 5.74) is -0.449. The summed E-state index contributed by atoms with van der Waals surface area (Å²) < 4.78 is 14.5. The van der Waals surface area contributed by atoms with Gasteiger partial charge in [-0.2, -0.15) is 9.36 Å². The van der Waals surface area contributed by atoms with Crippen LogP contribution in [0.3, 0.4) is 0 Å². The third kappa shape index (κ3) is 9.39. The molecule has 26 heavy (non-hydrogen) atoms. The van der Waals surface area contributed by atoms with E-state index >= 15 is 0 Å². The molecule has 0 atom stereocenters. The number of hydrogen-bond donors (Lipinski definition) is 2. The van der Waals surface area contributed by atoms with Crippen molar-refractivity contribution in [2.45, 2.75) is 32.6 Å². The lowest BCUT2D eigenvalue weighted by Gasteiger charge is -2.05. The van der Waals surface area contributed by atoms with Gasteiger partial charge in [0.05, 0.1) is 19.8 Å². The largest absolute Gasteiger partial charge is 0.476 e. The molecule has 11 heteroatoms. The number of carbonyl (C=O) groups is 2. The van der Waals surface area contributed by atoms with Crippen LogP contribution in [0.5, 0.6) is 0 Å². The first-order valence-corrected chi connectivity index (χ1v) is 9.09. The molecule has 0 aliphatic rings. The maximum absolute atomic E-state index is 11.2. The van der Waals surface area contributed by atoms with Crippen LogP contribution in [-0.4, -0.2) is 65.6 Å². The van der Waals surface area contributed by atoms with Gasteiger partial charge in [0.2, 0.25) is 23.1 Å². The van der Waals surface area contributed by atoms with Crippen molar-refractivity contribution in [2.75, 3.05) is 38.4 Å². The van der Waals surface area contributed by atoms with E-state index in [1.165, 1.54) is 19.3 Å². The van der Waals surface area contributed by atoms with Crippen LogP contribution in [0.25, 0.3) is 0 Å². The molecule has 0 spiro atoms.